The third kappa shape index (κ3) is 2.53. The van der Waals surface area contributed by atoms with Crippen molar-refractivity contribution in [1.29, 1.82) is 0 Å². The molecule has 0 bridgehead atoms. The van der Waals surface area contributed by atoms with Gasteiger partial charge in [0, 0.05) is 21.8 Å². The molecule has 0 aliphatic carbocycles. The van der Waals surface area contributed by atoms with E-state index in [4.69, 9.17) is 5.73 Å². The second-order valence-electron chi connectivity index (χ2n) is 7.15. The number of aromatic nitrogens is 1. The Morgan fingerprint density at radius 3 is 2.38 bits per heavy atom. The summed E-state index contributed by atoms with van der Waals surface area (Å²) in [7, 11) is -3.95. The number of anilines is 1. The van der Waals surface area contributed by atoms with Gasteiger partial charge < -0.3 is 5.73 Å². The number of aryl methyl sites for hydroxylation is 1. The van der Waals surface area contributed by atoms with Crippen LogP contribution in [0.5, 0.6) is 0 Å². The summed E-state index contributed by atoms with van der Waals surface area (Å²) in [4.78, 5) is 0.165. The van der Waals surface area contributed by atoms with Crippen LogP contribution >= 0.6 is 0 Å². The number of hydrogen-bond acceptors (Lipinski definition) is 3. The number of nitrogens with zero attached hydrogens (tertiary/aromatic N) is 1. The number of benzene rings is 4. The molecular formula is C23H17FN2O2S. The average molecular weight is 404 g/mol. The minimum Gasteiger partial charge on any atom is -0.398 e. The van der Waals surface area contributed by atoms with Crippen molar-refractivity contribution in [1.82, 2.24) is 3.97 Å². The maximum atomic E-state index is 14.1. The van der Waals surface area contributed by atoms with E-state index in [-0.39, 0.29) is 4.90 Å². The first-order valence-electron chi connectivity index (χ1n) is 9.11. The summed E-state index contributed by atoms with van der Waals surface area (Å²) < 4.78 is 42.8. The Hall–Kier alpha value is -3.38. The average Bonchev–Trinajstić information content (AvgIpc) is 3.04. The van der Waals surface area contributed by atoms with E-state index < -0.39 is 15.8 Å². The SMILES string of the molecule is Cc1ccc(S(=O)(=O)n2c3ccc(F)cc3c3c(N)cc4ccccc4c32)cc1. The lowest BCUT2D eigenvalue weighted by atomic mass is 10.0. The van der Waals surface area contributed by atoms with E-state index in [1.807, 2.05) is 31.2 Å². The van der Waals surface area contributed by atoms with Gasteiger partial charge in [0.2, 0.25) is 0 Å². The minimum absolute atomic E-state index is 0.165. The number of fused-ring (bicyclic) bond motifs is 5. The van der Waals surface area contributed by atoms with Crippen LogP contribution in [0.15, 0.2) is 77.7 Å². The van der Waals surface area contributed by atoms with Crippen molar-refractivity contribution < 1.29 is 12.8 Å². The van der Waals surface area contributed by atoms with Crippen molar-refractivity contribution in [3.8, 4) is 0 Å². The molecule has 29 heavy (non-hydrogen) atoms. The van der Waals surface area contributed by atoms with Crippen LogP contribution in [-0.2, 0) is 10.0 Å². The molecular weight excluding hydrogens is 387 g/mol. The van der Waals surface area contributed by atoms with E-state index in [9.17, 15) is 12.8 Å². The molecule has 6 heteroatoms. The molecule has 0 amide bonds. The van der Waals surface area contributed by atoms with E-state index in [1.165, 1.54) is 22.2 Å². The van der Waals surface area contributed by atoms with Gasteiger partial charge in [-0.05, 0) is 48.7 Å². The van der Waals surface area contributed by atoms with Gasteiger partial charge in [-0.3, -0.25) is 0 Å². The zero-order chi connectivity index (χ0) is 20.3. The molecule has 0 radical (unpaired) electrons. The van der Waals surface area contributed by atoms with Crippen LogP contribution in [0.1, 0.15) is 5.56 Å². The molecule has 1 heterocycles. The first-order chi connectivity index (χ1) is 13.9. The summed E-state index contributed by atoms with van der Waals surface area (Å²) in [5.41, 5.74) is 8.55. The van der Waals surface area contributed by atoms with E-state index in [1.54, 1.807) is 30.3 Å². The Labute approximate surface area is 167 Å². The van der Waals surface area contributed by atoms with Gasteiger partial charge in [0.1, 0.15) is 5.82 Å². The second-order valence-corrected chi connectivity index (χ2v) is 8.94. The van der Waals surface area contributed by atoms with Crippen LogP contribution in [0.4, 0.5) is 10.1 Å². The van der Waals surface area contributed by atoms with Gasteiger partial charge in [0.25, 0.3) is 10.0 Å². The summed E-state index contributed by atoms with van der Waals surface area (Å²) in [6.45, 7) is 1.90. The number of halogens is 1. The van der Waals surface area contributed by atoms with Crippen molar-refractivity contribution in [2.45, 2.75) is 11.8 Å². The Morgan fingerprint density at radius 2 is 1.62 bits per heavy atom. The van der Waals surface area contributed by atoms with E-state index in [0.29, 0.717) is 27.5 Å². The highest BCUT2D eigenvalue weighted by atomic mass is 32.2. The fourth-order valence-electron chi connectivity index (χ4n) is 3.91. The highest BCUT2D eigenvalue weighted by Crippen LogP contribution is 2.40. The van der Waals surface area contributed by atoms with E-state index in [2.05, 4.69) is 0 Å². The zero-order valence-corrected chi connectivity index (χ0v) is 16.4. The van der Waals surface area contributed by atoms with Crippen molar-refractivity contribution in [3.63, 3.8) is 0 Å². The number of nitrogen functional groups attached to an aromatic ring is 1. The number of rotatable bonds is 2. The molecule has 4 nitrogen and oxygen atoms in total. The lowest BCUT2D eigenvalue weighted by Gasteiger charge is -2.12. The van der Waals surface area contributed by atoms with Gasteiger partial charge >= 0.3 is 0 Å². The molecule has 0 fully saturated rings. The Morgan fingerprint density at radius 1 is 0.897 bits per heavy atom. The molecule has 1 aromatic heterocycles. The van der Waals surface area contributed by atoms with Gasteiger partial charge in [-0.25, -0.2) is 16.8 Å². The fraction of sp³-hybridized carbons (Fsp3) is 0.0435. The van der Waals surface area contributed by atoms with Crippen molar-refractivity contribution in [2.75, 3.05) is 5.73 Å². The summed E-state index contributed by atoms with van der Waals surface area (Å²) >= 11 is 0. The number of hydrogen-bond donors (Lipinski definition) is 1. The third-order valence-electron chi connectivity index (χ3n) is 5.26. The molecule has 0 atom stereocenters. The maximum Gasteiger partial charge on any atom is 0.268 e. The van der Waals surface area contributed by atoms with E-state index >= 15 is 0 Å². The van der Waals surface area contributed by atoms with Crippen LogP contribution in [0.25, 0.3) is 32.6 Å². The molecule has 144 valence electrons. The Balaban J connectivity index is 2.05. The molecule has 4 aromatic carbocycles. The summed E-state index contributed by atoms with van der Waals surface area (Å²) in [5, 5.41) is 2.57. The number of nitrogens with two attached hydrogens (primary N) is 1. The summed E-state index contributed by atoms with van der Waals surface area (Å²) in [6, 6.07) is 20.0. The lowest BCUT2D eigenvalue weighted by molar-refractivity contribution is 0.590. The predicted molar refractivity (Wildman–Crippen MR) is 115 cm³/mol. The minimum atomic E-state index is -3.95. The van der Waals surface area contributed by atoms with Crippen LogP contribution in [0.2, 0.25) is 0 Å². The van der Waals surface area contributed by atoms with Crippen LogP contribution in [-0.4, -0.2) is 12.4 Å². The smallest absolute Gasteiger partial charge is 0.268 e. The summed E-state index contributed by atoms with van der Waals surface area (Å²) in [6.07, 6.45) is 0. The third-order valence-corrected chi connectivity index (χ3v) is 6.99. The van der Waals surface area contributed by atoms with Gasteiger partial charge in [-0.15, -0.1) is 0 Å². The standard InChI is InChI=1S/C23H17FN2O2S/c1-14-6-9-17(10-7-14)29(27,28)26-21-11-8-16(24)13-19(21)22-20(25)12-15-4-2-3-5-18(15)23(22)26/h2-13H,25H2,1H3. The quantitative estimate of drug-likeness (QED) is 0.411. The predicted octanol–water partition coefficient (Wildman–Crippen LogP) is 5.21. The van der Waals surface area contributed by atoms with Crippen molar-refractivity contribution >= 4 is 48.3 Å². The van der Waals surface area contributed by atoms with Gasteiger partial charge in [-0.2, -0.15) is 0 Å². The van der Waals surface area contributed by atoms with Gasteiger partial charge in [0.15, 0.2) is 0 Å². The Bertz CT molecular complexity index is 1540. The normalized spacial score (nSPS) is 12.2. The molecule has 0 unspecified atom stereocenters. The topological polar surface area (TPSA) is 65.1 Å². The first-order valence-corrected chi connectivity index (χ1v) is 10.5. The van der Waals surface area contributed by atoms with Crippen LogP contribution < -0.4 is 5.73 Å². The molecule has 0 saturated heterocycles. The fourth-order valence-corrected chi connectivity index (χ4v) is 5.45. The van der Waals surface area contributed by atoms with Crippen molar-refractivity contribution in [2.24, 2.45) is 0 Å². The molecule has 2 N–H and O–H groups in total. The largest absolute Gasteiger partial charge is 0.398 e. The zero-order valence-electron chi connectivity index (χ0n) is 15.6. The molecule has 0 aliphatic heterocycles. The summed E-state index contributed by atoms with van der Waals surface area (Å²) in [5.74, 6) is -0.447. The van der Waals surface area contributed by atoms with Gasteiger partial charge in [0.05, 0.1) is 15.9 Å². The van der Waals surface area contributed by atoms with Crippen LogP contribution in [0, 0.1) is 12.7 Å². The highest BCUT2D eigenvalue weighted by molar-refractivity contribution is 7.90. The Kier molecular flexibility index (Phi) is 3.70. The molecule has 0 aliphatic rings. The molecule has 5 rings (SSSR count). The van der Waals surface area contributed by atoms with Crippen molar-refractivity contribution in [3.05, 3.63) is 84.2 Å². The van der Waals surface area contributed by atoms with Crippen LogP contribution in [0.3, 0.4) is 0 Å². The molecule has 5 aromatic rings. The maximum absolute atomic E-state index is 14.1. The second kappa shape index (κ2) is 6.06. The first kappa shape index (κ1) is 17.7. The lowest BCUT2D eigenvalue weighted by Crippen LogP contribution is -2.13. The highest BCUT2D eigenvalue weighted by Gasteiger charge is 2.26. The molecule has 0 spiro atoms. The molecule has 0 saturated carbocycles. The van der Waals surface area contributed by atoms with E-state index in [0.717, 1.165) is 16.3 Å². The van der Waals surface area contributed by atoms with Gasteiger partial charge in [-0.1, -0.05) is 42.0 Å². The monoisotopic (exact) mass is 404 g/mol.